The van der Waals surface area contributed by atoms with E-state index in [0.717, 1.165) is 59.0 Å². The van der Waals surface area contributed by atoms with Crippen LogP contribution in [0.2, 0.25) is 0 Å². The molecule has 0 radical (unpaired) electrons. The van der Waals surface area contributed by atoms with Gasteiger partial charge < -0.3 is 9.72 Å². The summed E-state index contributed by atoms with van der Waals surface area (Å²) in [6, 6.07) is 13.3. The number of rotatable bonds is 7. The normalized spacial score (nSPS) is 15.2. The quantitative estimate of drug-likeness (QED) is 0.488. The van der Waals surface area contributed by atoms with Gasteiger partial charge in [-0.1, -0.05) is 56.5 Å². The van der Waals surface area contributed by atoms with Crippen LogP contribution in [0.5, 0.6) is 0 Å². The average Bonchev–Trinajstić information content (AvgIpc) is 3.16. The topological polar surface area (TPSA) is 88.3 Å². The number of ether oxygens (including phenoxy) is 1. The number of aromatic amines is 1. The minimum Gasteiger partial charge on any atom is -0.461 e. The van der Waals surface area contributed by atoms with E-state index in [4.69, 9.17) is 4.74 Å². The second-order valence-electron chi connectivity index (χ2n) is 8.44. The molecule has 170 valence electrons. The highest BCUT2D eigenvalue weighted by Crippen LogP contribution is 2.33. The maximum atomic E-state index is 13.3. The molecular formula is C25H30N2O4S. The van der Waals surface area contributed by atoms with Crippen molar-refractivity contribution in [2.24, 2.45) is 0 Å². The zero-order valence-electron chi connectivity index (χ0n) is 18.6. The van der Waals surface area contributed by atoms with E-state index in [9.17, 15) is 13.2 Å². The molecule has 2 N–H and O–H groups in total. The molecule has 0 aliphatic heterocycles. The van der Waals surface area contributed by atoms with Crippen LogP contribution < -0.4 is 4.72 Å². The molecule has 1 aromatic heterocycles. The smallest absolute Gasteiger partial charge is 0.302 e. The maximum absolute atomic E-state index is 13.3. The van der Waals surface area contributed by atoms with Crippen LogP contribution in [0.1, 0.15) is 57.1 Å². The first kappa shape index (κ1) is 22.6. The predicted octanol–water partition coefficient (Wildman–Crippen LogP) is 5.07. The molecule has 0 amide bonds. The van der Waals surface area contributed by atoms with Crippen LogP contribution in [0.25, 0.3) is 22.2 Å². The first-order valence-electron chi connectivity index (χ1n) is 11.3. The molecule has 4 rings (SSSR count). The third kappa shape index (κ3) is 4.74. The van der Waals surface area contributed by atoms with Gasteiger partial charge in [0.15, 0.2) is 0 Å². The van der Waals surface area contributed by atoms with Crippen LogP contribution in [0.4, 0.5) is 0 Å². The lowest BCUT2D eigenvalue weighted by atomic mass is 9.96. The molecule has 6 nitrogen and oxygen atoms in total. The second-order valence-corrected chi connectivity index (χ2v) is 10.1. The van der Waals surface area contributed by atoms with Gasteiger partial charge in [0.25, 0.3) is 0 Å². The summed E-state index contributed by atoms with van der Waals surface area (Å²) in [5, 5.41) is 0.952. The highest BCUT2D eigenvalue weighted by atomic mass is 32.2. The summed E-state index contributed by atoms with van der Waals surface area (Å²) in [6.45, 7) is 3.46. The van der Waals surface area contributed by atoms with E-state index in [1.165, 1.54) is 13.3 Å². The number of aromatic nitrogens is 1. The molecule has 0 bridgehead atoms. The number of carbonyl (C=O) groups excluding carboxylic acids is 1. The van der Waals surface area contributed by atoms with Crippen LogP contribution in [-0.2, 0) is 32.6 Å². The fourth-order valence-corrected chi connectivity index (χ4v) is 6.17. The molecular weight excluding hydrogens is 424 g/mol. The van der Waals surface area contributed by atoms with Gasteiger partial charge in [0, 0.05) is 29.4 Å². The molecule has 3 aromatic rings. The van der Waals surface area contributed by atoms with E-state index in [2.05, 4.69) is 9.71 Å². The van der Waals surface area contributed by atoms with Crippen LogP contribution in [0.3, 0.4) is 0 Å². The largest absolute Gasteiger partial charge is 0.461 e. The molecule has 1 aliphatic rings. The van der Waals surface area contributed by atoms with Gasteiger partial charge in [0.05, 0.1) is 10.6 Å². The number of benzene rings is 2. The summed E-state index contributed by atoms with van der Waals surface area (Å²) in [5.74, 6) is -0.359. The Balaban J connectivity index is 1.77. The van der Waals surface area contributed by atoms with Gasteiger partial charge in [0.2, 0.25) is 10.0 Å². The number of hydrogen-bond acceptors (Lipinski definition) is 4. The molecule has 7 heteroatoms. The molecule has 1 saturated carbocycles. The Hall–Kier alpha value is -2.64. The Labute approximate surface area is 189 Å². The number of H-pyrrole nitrogens is 1. The number of esters is 1. The molecule has 32 heavy (non-hydrogen) atoms. The summed E-state index contributed by atoms with van der Waals surface area (Å²) in [7, 11) is -3.65. The number of nitrogens with one attached hydrogen (secondary N) is 2. The zero-order chi connectivity index (χ0) is 22.7. The van der Waals surface area contributed by atoms with Gasteiger partial charge in [-0.2, -0.15) is 0 Å². The number of fused-ring (bicyclic) bond motifs is 1. The number of carbonyl (C=O) groups is 1. The van der Waals surface area contributed by atoms with Gasteiger partial charge in [0.1, 0.15) is 6.61 Å². The van der Waals surface area contributed by atoms with Crippen molar-refractivity contribution >= 4 is 26.9 Å². The standard InChI is InChI=1S/C25H30N2O4S/c1-3-18-13-14-19(15-24(18)32(29,30)27-20-9-5-4-6-10-20)25-22(16-31-17(2)28)21-11-7-8-12-23(21)26-25/h7-8,11-15,20,26-27H,3-6,9-10,16H2,1-2H3. The van der Waals surface area contributed by atoms with Crippen LogP contribution in [0, 0.1) is 0 Å². The molecule has 1 aliphatic carbocycles. The lowest BCUT2D eigenvalue weighted by Gasteiger charge is -2.23. The van der Waals surface area contributed by atoms with Gasteiger partial charge in [-0.15, -0.1) is 0 Å². The predicted molar refractivity (Wildman–Crippen MR) is 126 cm³/mol. The molecule has 1 fully saturated rings. The highest BCUT2D eigenvalue weighted by Gasteiger charge is 2.25. The van der Waals surface area contributed by atoms with Crippen molar-refractivity contribution < 1.29 is 17.9 Å². The van der Waals surface area contributed by atoms with E-state index in [1.54, 1.807) is 6.07 Å². The third-order valence-electron chi connectivity index (χ3n) is 6.19. The van der Waals surface area contributed by atoms with E-state index >= 15 is 0 Å². The Kier molecular flexibility index (Phi) is 6.67. The minimum atomic E-state index is -3.65. The fraction of sp³-hybridized carbons (Fsp3) is 0.400. The molecule has 1 heterocycles. The Morgan fingerprint density at radius 2 is 1.88 bits per heavy atom. The lowest BCUT2D eigenvalue weighted by molar-refractivity contribution is -0.142. The number of hydrogen-bond donors (Lipinski definition) is 2. The van der Waals surface area contributed by atoms with E-state index in [1.807, 2.05) is 43.3 Å². The monoisotopic (exact) mass is 454 g/mol. The molecule has 2 aromatic carbocycles. The summed E-state index contributed by atoms with van der Waals surface area (Å²) >= 11 is 0. The van der Waals surface area contributed by atoms with E-state index in [-0.39, 0.29) is 18.6 Å². The SMILES string of the molecule is CCc1ccc(-c2[nH]c3ccccc3c2COC(C)=O)cc1S(=O)(=O)NC1CCCCC1. The van der Waals surface area contributed by atoms with Crippen LogP contribution >= 0.6 is 0 Å². The van der Waals surface area contributed by atoms with Crippen molar-refractivity contribution in [2.45, 2.75) is 69.9 Å². The van der Waals surface area contributed by atoms with Crippen molar-refractivity contribution in [1.82, 2.24) is 9.71 Å². The summed E-state index contributed by atoms with van der Waals surface area (Å²) < 4.78 is 34.9. The van der Waals surface area contributed by atoms with Crippen LogP contribution in [0.15, 0.2) is 47.4 Å². The lowest BCUT2D eigenvalue weighted by Crippen LogP contribution is -2.36. The van der Waals surface area contributed by atoms with Gasteiger partial charge in [-0.25, -0.2) is 13.1 Å². The Morgan fingerprint density at radius 3 is 2.59 bits per heavy atom. The van der Waals surface area contributed by atoms with E-state index in [0.29, 0.717) is 11.3 Å². The molecule has 0 unspecified atom stereocenters. The summed E-state index contributed by atoms with van der Waals surface area (Å²) in [5.41, 5.74) is 4.06. The molecule has 0 spiro atoms. The maximum Gasteiger partial charge on any atom is 0.302 e. The number of para-hydroxylation sites is 1. The average molecular weight is 455 g/mol. The number of aryl methyl sites for hydroxylation is 1. The second kappa shape index (κ2) is 9.46. The van der Waals surface area contributed by atoms with Gasteiger partial charge in [-0.05, 0) is 42.5 Å². The third-order valence-corrected chi connectivity index (χ3v) is 7.79. The van der Waals surface area contributed by atoms with E-state index < -0.39 is 10.0 Å². The highest BCUT2D eigenvalue weighted by molar-refractivity contribution is 7.89. The Morgan fingerprint density at radius 1 is 1.12 bits per heavy atom. The summed E-state index contributed by atoms with van der Waals surface area (Å²) in [6.07, 6.45) is 5.67. The first-order valence-corrected chi connectivity index (χ1v) is 12.8. The van der Waals surface area contributed by atoms with Gasteiger partial charge in [-0.3, -0.25) is 4.79 Å². The minimum absolute atomic E-state index is 0.00489. The Bertz CT molecular complexity index is 1220. The fourth-order valence-electron chi connectivity index (χ4n) is 4.53. The van der Waals surface area contributed by atoms with Crippen molar-refractivity contribution in [3.63, 3.8) is 0 Å². The van der Waals surface area contributed by atoms with Crippen LogP contribution in [-0.4, -0.2) is 25.4 Å². The summed E-state index contributed by atoms with van der Waals surface area (Å²) in [4.78, 5) is 15.2. The number of sulfonamides is 1. The van der Waals surface area contributed by atoms with Gasteiger partial charge >= 0.3 is 5.97 Å². The zero-order valence-corrected chi connectivity index (χ0v) is 19.4. The van der Waals surface area contributed by atoms with Crippen molar-refractivity contribution in [2.75, 3.05) is 0 Å². The molecule has 0 saturated heterocycles. The van der Waals surface area contributed by atoms with Crippen molar-refractivity contribution in [3.8, 4) is 11.3 Å². The van der Waals surface area contributed by atoms with Crippen molar-refractivity contribution in [3.05, 3.63) is 53.6 Å². The first-order chi connectivity index (χ1) is 15.4. The van der Waals surface area contributed by atoms with Crippen molar-refractivity contribution in [1.29, 1.82) is 0 Å². The molecule has 0 atom stereocenters.